The maximum Gasteiger partial charge on any atom is 0.328 e. The molecule has 0 atom stereocenters. The van der Waals surface area contributed by atoms with Crippen LogP contribution in [0.25, 0.3) is 6.08 Å². The molecule has 8 heteroatoms. The third kappa shape index (κ3) is 3.70. The van der Waals surface area contributed by atoms with Crippen molar-refractivity contribution in [1.29, 1.82) is 0 Å². The van der Waals surface area contributed by atoms with E-state index in [-0.39, 0.29) is 5.91 Å². The number of thiophene rings is 1. The number of aryl methyl sites for hydroxylation is 1. The maximum atomic E-state index is 11.9. The first-order valence-corrected chi connectivity index (χ1v) is 6.80. The van der Waals surface area contributed by atoms with Gasteiger partial charge >= 0.3 is 5.97 Å². The first-order valence-electron chi connectivity index (χ1n) is 5.17. The summed E-state index contributed by atoms with van der Waals surface area (Å²) < 4.78 is 0. The van der Waals surface area contributed by atoms with E-state index in [1.807, 2.05) is 0 Å². The summed E-state index contributed by atoms with van der Waals surface area (Å²) in [7, 11) is 0. The minimum atomic E-state index is -1.02. The normalized spacial score (nSPS) is 10.8. The van der Waals surface area contributed by atoms with Crippen molar-refractivity contribution in [2.24, 2.45) is 0 Å². The van der Waals surface area contributed by atoms with Crippen LogP contribution in [0.15, 0.2) is 18.2 Å². The lowest BCUT2D eigenvalue weighted by atomic mass is 10.4. The quantitative estimate of drug-likeness (QED) is 0.844. The summed E-state index contributed by atoms with van der Waals surface area (Å²) >= 11 is 2.49. The van der Waals surface area contributed by atoms with Crippen LogP contribution in [-0.4, -0.2) is 27.2 Å². The molecular weight excluding hydrogens is 286 g/mol. The van der Waals surface area contributed by atoms with Crippen LogP contribution in [-0.2, 0) is 4.79 Å². The van der Waals surface area contributed by atoms with Gasteiger partial charge in [0.1, 0.15) is 5.01 Å². The Labute approximate surface area is 116 Å². The number of carbonyl (C=O) groups excluding carboxylic acids is 1. The fourth-order valence-corrected chi connectivity index (χ4v) is 2.62. The number of anilines is 1. The number of carboxylic acid groups (broad SMARTS) is 1. The highest BCUT2D eigenvalue weighted by Gasteiger charge is 2.11. The van der Waals surface area contributed by atoms with Crippen LogP contribution in [0.2, 0.25) is 0 Å². The Balaban J connectivity index is 2.06. The molecule has 0 saturated heterocycles. The Morgan fingerprint density at radius 3 is 2.74 bits per heavy atom. The lowest BCUT2D eigenvalue weighted by Gasteiger charge is -1.96. The van der Waals surface area contributed by atoms with Crippen LogP contribution in [0, 0.1) is 6.92 Å². The number of nitrogens with zero attached hydrogens (tertiary/aromatic N) is 2. The topological polar surface area (TPSA) is 92.2 Å². The first kappa shape index (κ1) is 13.4. The zero-order chi connectivity index (χ0) is 13.8. The molecule has 2 aromatic heterocycles. The third-order valence-electron chi connectivity index (χ3n) is 1.99. The molecule has 0 fully saturated rings. The van der Waals surface area contributed by atoms with Crippen LogP contribution in [0.4, 0.5) is 5.13 Å². The van der Waals surface area contributed by atoms with E-state index in [1.165, 1.54) is 28.7 Å². The Bertz CT molecular complexity index is 645. The van der Waals surface area contributed by atoms with E-state index in [9.17, 15) is 9.59 Å². The first-order chi connectivity index (χ1) is 9.04. The van der Waals surface area contributed by atoms with Gasteiger partial charge in [-0.15, -0.1) is 21.5 Å². The fourth-order valence-electron chi connectivity index (χ4n) is 1.22. The van der Waals surface area contributed by atoms with Crippen molar-refractivity contribution in [2.75, 3.05) is 5.32 Å². The van der Waals surface area contributed by atoms with Gasteiger partial charge in [0.2, 0.25) is 5.13 Å². The molecule has 0 aliphatic carbocycles. The average Bonchev–Trinajstić information content (AvgIpc) is 2.95. The van der Waals surface area contributed by atoms with Gasteiger partial charge in [-0.25, -0.2) is 4.79 Å². The second-order valence-corrected chi connectivity index (χ2v) is 5.75. The standard InChI is InChI=1S/C11H9N3O3S2/c1-6-13-14-11(18-6)12-10(17)8-4-2-7(19-8)3-5-9(15)16/h2-5H,1H3,(H,15,16)(H,12,14,17)/b5-3+. The molecule has 0 saturated carbocycles. The monoisotopic (exact) mass is 295 g/mol. The van der Waals surface area contributed by atoms with Gasteiger partial charge in [0, 0.05) is 11.0 Å². The minimum absolute atomic E-state index is 0.281. The average molecular weight is 295 g/mol. The van der Waals surface area contributed by atoms with Crippen molar-refractivity contribution in [3.05, 3.63) is 33.0 Å². The molecule has 0 aliphatic heterocycles. The number of hydrogen-bond donors (Lipinski definition) is 2. The molecule has 19 heavy (non-hydrogen) atoms. The van der Waals surface area contributed by atoms with E-state index >= 15 is 0 Å². The Morgan fingerprint density at radius 1 is 1.32 bits per heavy atom. The molecule has 2 heterocycles. The number of amides is 1. The largest absolute Gasteiger partial charge is 0.478 e. The highest BCUT2D eigenvalue weighted by molar-refractivity contribution is 7.16. The second kappa shape index (κ2) is 5.72. The molecule has 2 aromatic rings. The molecule has 0 aliphatic rings. The van der Waals surface area contributed by atoms with E-state index in [1.54, 1.807) is 19.1 Å². The molecule has 0 spiro atoms. The van der Waals surface area contributed by atoms with E-state index < -0.39 is 5.97 Å². The van der Waals surface area contributed by atoms with Gasteiger partial charge in [0.25, 0.3) is 5.91 Å². The molecule has 0 radical (unpaired) electrons. The predicted molar refractivity (Wildman–Crippen MR) is 73.6 cm³/mol. The molecular formula is C11H9N3O3S2. The van der Waals surface area contributed by atoms with Crippen molar-refractivity contribution in [1.82, 2.24) is 10.2 Å². The van der Waals surface area contributed by atoms with Crippen molar-refractivity contribution in [2.45, 2.75) is 6.92 Å². The molecule has 2 rings (SSSR count). The van der Waals surface area contributed by atoms with Crippen molar-refractivity contribution in [3.63, 3.8) is 0 Å². The van der Waals surface area contributed by atoms with Gasteiger partial charge in [-0.3, -0.25) is 10.1 Å². The Morgan fingerprint density at radius 2 is 2.11 bits per heavy atom. The number of aliphatic carboxylic acids is 1. The predicted octanol–water partition coefficient (Wildman–Crippen LogP) is 2.26. The Kier molecular flexibility index (Phi) is 4.03. The van der Waals surface area contributed by atoms with E-state index in [4.69, 9.17) is 5.11 Å². The number of aromatic nitrogens is 2. The summed E-state index contributed by atoms with van der Waals surface area (Å²) in [5.41, 5.74) is 0. The number of rotatable bonds is 4. The maximum absolute atomic E-state index is 11.9. The summed E-state index contributed by atoms with van der Waals surface area (Å²) in [6, 6.07) is 3.32. The number of carbonyl (C=O) groups is 2. The summed E-state index contributed by atoms with van der Waals surface area (Å²) in [5, 5.41) is 20.0. The number of hydrogen-bond acceptors (Lipinski definition) is 6. The SMILES string of the molecule is Cc1nnc(NC(=O)c2ccc(/C=C/C(=O)O)s2)s1. The minimum Gasteiger partial charge on any atom is -0.478 e. The Hall–Kier alpha value is -2.06. The molecule has 0 aromatic carbocycles. The smallest absolute Gasteiger partial charge is 0.328 e. The van der Waals surface area contributed by atoms with Gasteiger partial charge in [0.15, 0.2) is 0 Å². The van der Waals surface area contributed by atoms with Crippen molar-refractivity contribution in [3.8, 4) is 0 Å². The van der Waals surface area contributed by atoms with Crippen LogP contribution >= 0.6 is 22.7 Å². The lowest BCUT2D eigenvalue weighted by Crippen LogP contribution is -2.09. The van der Waals surface area contributed by atoms with E-state index in [0.29, 0.717) is 14.9 Å². The van der Waals surface area contributed by atoms with Crippen molar-refractivity contribution >= 4 is 45.8 Å². The van der Waals surface area contributed by atoms with Gasteiger partial charge in [-0.2, -0.15) is 0 Å². The third-order valence-corrected chi connectivity index (χ3v) is 3.79. The fraction of sp³-hybridized carbons (Fsp3) is 0.0909. The lowest BCUT2D eigenvalue weighted by molar-refractivity contribution is -0.131. The molecule has 0 bridgehead atoms. The molecule has 6 nitrogen and oxygen atoms in total. The molecule has 2 N–H and O–H groups in total. The van der Waals surface area contributed by atoms with Gasteiger partial charge in [-0.1, -0.05) is 11.3 Å². The second-order valence-electron chi connectivity index (χ2n) is 3.45. The highest BCUT2D eigenvalue weighted by Crippen LogP contribution is 2.20. The summed E-state index contributed by atoms with van der Waals surface area (Å²) in [6.07, 6.45) is 2.47. The van der Waals surface area contributed by atoms with Gasteiger partial charge in [-0.05, 0) is 25.1 Å². The highest BCUT2D eigenvalue weighted by atomic mass is 32.1. The summed E-state index contributed by atoms with van der Waals surface area (Å²) in [5.74, 6) is -1.31. The molecule has 98 valence electrons. The zero-order valence-electron chi connectivity index (χ0n) is 9.78. The van der Waals surface area contributed by atoms with E-state index in [0.717, 1.165) is 11.1 Å². The van der Waals surface area contributed by atoms with Crippen LogP contribution in [0.1, 0.15) is 19.6 Å². The zero-order valence-corrected chi connectivity index (χ0v) is 11.4. The van der Waals surface area contributed by atoms with Crippen LogP contribution in [0.5, 0.6) is 0 Å². The summed E-state index contributed by atoms with van der Waals surface area (Å²) in [4.78, 5) is 23.4. The molecule has 0 unspecified atom stereocenters. The van der Waals surface area contributed by atoms with Gasteiger partial charge in [0.05, 0.1) is 4.88 Å². The molecule has 1 amide bonds. The summed E-state index contributed by atoms with van der Waals surface area (Å²) in [6.45, 7) is 1.80. The number of carboxylic acids is 1. The van der Waals surface area contributed by atoms with Crippen LogP contribution in [0.3, 0.4) is 0 Å². The van der Waals surface area contributed by atoms with Gasteiger partial charge < -0.3 is 5.11 Å². The van der Waals surface area contributed by atoms with Crippen LogP contribution < -0.4 is 5.32 Å². The van der Waals surface area contributed by atoms with Crippen molar-refractivity contribution < 1.29 is 14.7 Å². The van der Waals surface area contributed by atoms with E-state index in [2.05, 4.69) is 15.5 Å². The number of nitrogens with one attached hydrogen (secondary N) is 1.